The molecule has 2 aromatic carbocycles. The van der Waals surface area contributed by atoms with E-state index in [-0.39, 0.29) is 11.5 Å². The Morgan fingerprint density at radius 3 is 2.46 bits per heavy atom. The predicted molar refractivity (Wildman–Crippen MR) is 103 cm³/mol. The largest absolute Gasteiger partial charge is 0.493 e. The number of rotatable bonds is 5. The number of carbonyl (C=O) groups is 2. The first-order chi connectivity index (χ1) is 13.4. The lowest BCUT2D eigenvalue weighted by molar-refractivity contribution is -0.135. The number of hydrogen-bond acceptors (Lipinski definition) is 5. The molecule has 2 aromatic rings. The first-order valence-electron chi connectivity index (χ1n) is 8.56. The zero-order chi connectivity index (χ0) is 20.3. The third kappa shape index (κ3) is 4.27. The minimum Gasteiger partial charge on any atom is -0.493 e. The van der Waals surface area contributed by atoms with Crippen molar-refractivity contribution in [2.45, 2.75) is 13.0 Å². The molecule has 0 N–H and O–H groups in total. The van der Waals surface area contributed by atoms with Gasteiger partial charge in [0, 0.05) is 17.6 Å². The van der Waals surface area contributed by atoms with Crippen LogP contribution in [0.4, 0.5) is 4.39 Å². The average Bonchev–Trinajstić information content (AvgIpc) is 2.71. The van der Waals surface area contributed by atoms with Crippen LogP contribution in [0.3, 0.4) is 0 Å². The SMILES string of the molecule is COc1cc2c(cc1OC)CN(C(=O)COC(=O)c1cc(Br)ccc1F)CC2. The van der Waals surface area contributed by atoms with Gasteiger partial charge in [-0.2, -0.15) is 0 Å². The number of amides is 1. The van der Waals surface area contributed by atoms with E-state index in [0.29, 0.717) is 35.5 Å². The zero-order valence-corrected chi connectivity index (χ0v) is 17.0. The number of nitrogens with zero attached hydrogens (tertiary/aromatic N) is 1. The van der Waals surface area contributed by atoms with Crippen molar-refractivity contribution in [1.82, 2.24) is 4.90 Å². The van der Waals surface area contributed by atoms with Gasteiger partial charge in [0.25, 0.3) is 5.91 Å². The van der Waals surface area contributed by atoms with Crippen LogP contribution in [0.2, 0.25) is 0 Å². The second kappa shape index (κ2) is 8.60. The number of benzene rings is 2. The van der Waals surface area contributed by atoms with Crippen molar-refractivity contribution in [2.75, 3.05) is 27.4 Å². The van der Waals surface area contributed by atoms with Crippen LogP contribution >= 0.6 is 15.9 Å². The molecule has 6 nitrogen and oxygen atoms in total. The van der Waals surface area contributed by atoms with Crippen LogP contribution < -0.4 is 9.47 Å². The second-order valence-electron chi connectivity index (χ2n) is 6.24. The molecule has 0 atom stereocenters. The highest BCUT2D eigenvalue weighted by molar-refractivity contribution is 9.10. The van der Waals surface area contributed by atoms with E-state index in [1.165, 1.54) is 12.1 Å². The number of hydrogen-bond donors (Lipinski definition) is 0. The molecule has 148 valence electrons. The standard InChI is InChI=1S/C20H19BrFNO5/c1-26-17-7-12-5-6-23(10-13(12)8-18(17)27-2)19(24)11-28-20(25)15-9-14(21)3-4-16(15)22/h3-4,7-9H,5-6,10-11H2,1-2H3. The van der Waals surface area contributed by atoms with Crippen molar-refractivity contribution in [2.24, 2.45) is 0 Å². The van der Waals surface area contributed by atoms with Crippen molar-refractivity contribution >= 4 is 27.8 Å². The molecule has 0 aromatic heterocycles. The molecule has 0 fully saturated rings. The molecule has 8 heteroatoms. The van der Waals surface area contributed by atoms with Crippen LogP contribution in [-0.4, -0.2) is 44.1 Å². The molecule has 1 amide bonds. The molecule has 0 unspecified atom stereocenters. The van der Waals surface area contributed by atoms with E-state index in [4.69, 9.17) is 14.2 Å². The van der Waals surface area contributed by atoms with Gasteiger partial charge < -0.3 is 19.1 Å². The molecule has 1 heterocycles. The molecule has 1 aliphatic rings. The van der Waals surface area contributed by atoms with Crippen molar-refractivity contribution in [1.29, 1.82) is 0 Å². The number of halogens is 2. The summed E-state index contributed by atoms with van der Waals surface area (Å²) in [4.78, 5) is 26.1. The van der Waals surface area contributed by atoms with Gasteiger partial charge in [0.1, 0.15) is 5.82 Å². The van der Waals surface area contributed by atoms with Gasteiger partial charge in [-0.05, 0) is 47.9 Å². The predicted octanol–water partition coefficient (Wildman–Crippen LogP) is 3.35. The zero-order valence-electron chi connectivity index (χ0n) is 15.5. The Bertz CT molecular complexity index is 918. The van der Waals surface area contributed by atoms with Gasteiger partial charge >= 0.3 is 5.97 Å². The molecule has 28 heavy (non-hydrogen) atoms. The van der Waals surface area contributed by atoms with E-state index in [1.54, 1.807) is 19.1 Å². The second-order valence-corrected chi connectivity index (χ2v) is 7.16. The van der Waals surface area contributed by atoms with Crippen LogP contribution in [0.1, 0.15) is 21.5 Å². The lowest BCUT2D eigenvalue weighted by Gasteiger charge is -2.29. The third-order valence-corrected chi connectivity index (χ3v) is 5.04. The van der Waals surface area contributed by atoms with Gasteiger partial charge in [-0.25, -0.2) is 9.18 Å². The number of ether oxygens (including phenoxy) is 3. The Morgan fingerprint density at radius 2 is 1.79 bits per heavy atom. The van der Waals surface area contributed by atoms with Crippen LogP contribution in [-0.2, 0) is 22.5 Å². The van der Waals surface area contributed by atoms with Crippen molar-refractivity contribution in [3.63, 3.8) is 0 Å². The first-order valence-corrected chi connectivity index (χ1v) is 9.36. The van der Waals surface area contributed by atoms with E-state index < -0.39 is 18.4 Å². The Hall–Kier alpha value is -2.61. The van der Waals surface area contributed by atoms with Crippen LogP contribution in [0.15, 0.2) is 34.8 Å². The van der Waals surface area contributed by atoms with E-state index in [2.05, 4.69) is 15.9 Å². The number of esters is 1. The highest BCUT2D eigenvalue weighted by Crippen LogP contribution is 2.33. The summed E-state index contributed by atoms with van der Waals surface area (Å²) >= 11 is 3.18. The highest BCUT2D eigenvalue weighted by Gasteiger charge is 2.24. The number of methoxy groups -OCH3 is 2. The normalized spacial score (nSPS) is 12.9. The van der Waals surface area contributed by atoms with Crippen LogP contribution in [0, 0.1) is 5.82 Å². The van der Waals surface area contributed by atoms with Gasteiger partial charge in [0.05, 0.1) is 19.8 Å². The molecule has 0 saturated carbocycles. The molecule has 0 saturated heterocycles. The van der Waals surface area contributed by atoms with Crippen molar-refractivity contribution in [3.8, 4) is 11.5 Å². The van der Waals surface area contributed by atoms with E-state index in [1.807, 2.05) is 12.1 Å². The van der Waals surface area contributed by atoms with Crippen molar-refractivity contribution < 1.29 is 28.2 Å². The van der Waals surface area contributed by atoms with Crippen LogP contribution in [0.25, 0.3) is 0 Å². The smallest absolute Gasteiger partial charge is 0.341 e. The molecule has 1 aliphatic heterocycles. The maximum atomic E-state index is 13.8. The van der Waals surface area contributed by atoms with Gasteiger partial charge in [-0.3, -0.25) is 4.79 Å². The summed E-state index contributed by atoms with van der Waals surface area (Å²) in [6.07, 6.45) is 0.648. The van der Waals surface area contributed by atoms with Gasteiger partial charge in [0.2, 0.25) is 0 Å². The molecule has 0 spiro atoms. The Balaban J connectivity index is 1.65. The highest BCUT2D eigenvalue weighted by atomic mass is 79.9. The fourth-order valence-electron chi connectivity index (χ4n) is 3.05. The summed E-state index contributed by atoms with van der Waals surface area (Å²) in [7, 11) is 3.13. The Kier molecular flexibility index (Phi) is 6.18. The first kappa shape index (κ1) is 20.1. The molecule has 3 rings (SSSR count). The molecule has 0 aliphatic carbocycles. The molecule has 0 bridgehead atoms. The fraction of sp³-hybridized carbons (Fsp3) is 0.300. The summed E-state index contributed by atoms with van der Waals surface area (Å²) in [6.45, 7) is 0.412. The Morgan fingerprint density at radius 1 is 1.11 bits per heavy atom. The lowest BCUT2D eigenvalue weighted by atomic mass is 9.99. The van der Waals surface area contributed by atoms with Crippen molar-refractivity contribution in [3.05, 3.63) is 57.3 Å². The summed E-state index contributed by atoms with van der Waals surface area (Å²) in [5, 5.41) is 0. The summed E-state index contributed by atoms with van der Waals surface area (Å²) in [5.41, 5.74) is 1.81. The number of carbonyl (C=O) groups excluding carboxylic acids is 2. The fourth-order valence-corrected chi connectivity index (χ4v) is 3.41. The van der Waals surface area contributed by atoms with Gasteiger partial charge in [0.15, 0.2) is 18.1 Å². The minimum absolute atomic E-state index is 0.219. The molecular weight excluding hydrogens is 433 g/mol. The summed E-state index contributed by atoms with van der Waals surface area (Å²) in [6, 6.07) is 7.71. The minimum atomic E-state index is -0.879. The lowest BCUT2D eigenvalue weighted by Crippen LogP contribution is -2.38. The van der Waals surface area contributed by atoms with Gasteiger partial charge in [-0.1, -0.05) is 15.9 Å². The maximum absolute atomic E-state index is 13.8. The topological polar surface area (TPSA) is 65.1 Å². The maximum Gasteiger partial charge on any atom is 0.341 e. The summed E-state index contributed by atoms with van der Waals surface area (Å²) in [5.74, 6) is -0.688. The Labute approximate surface area is 170 Å². The number of fused-ring (bicyclic) bond motifs is 1. The summed E-state index contributed by atoms with van der Waals surface area (Å²) < 4.78 is 29.9. The average molecular weight is 452 g/mol. The van der Waals surface area contributed by atoms with E-state index in [0.717, 1.165) is 17.2 Å². The van der Waals surface area contributed by atoms with E-state index in [9.17, 15) is 14.0 Å². The molecule has 0 radical (unpaired) electrons. The van der Waals surface area contributed by atoms with Crippen LogP contribution in [0.5, 0.6) is 11.5 Å². The van der Waals surface area contributed by atoms with E-state index >= 15 is 0 Å². The molecular formula is C20H19BrFNO5. The monoisotopic (exact) mass is 451 g/mol. The van der Waals surface area contributed by atoms with Gasteiger partial charge in [-0.15, -0.1) is 0 Å². The third-order valence-electron chi connectivity index (χ3n) is 4.55. The quantitative estimate of drug-likeness (QED) is 0.652.